The van der Waals surface area contributed by atoms with Gasteiger partial charge in [0, 0.05) is 43.0 Å². The van der Waals surface area contributed by atoms with Crippen molar-refractivity contribution in [3.63, 3.8) is 0 Å². The average molecular weight is 558 g/mol. The van der Waals surface area contributed by atoms with Crippen molar-refractivity contribution in [2.75, 3.05) is 38.0 Å². The first-order valence-electron chi connectivity index (χ1n) is 13.3. The van der Waals surface area contributed by atoms with E-state index in [9.17, 15) is 14.4 Å². The number of benzene rings is 1. The molecule has 16 heteroatoms. The summed E-state index contributed by atoms with van der Waals surface area (Å²) in [7, 11) is 8.63. The Labute approximate surface area is 240 Å². The van der Waals surface area contributed by atoms with E-state index in [2.05, 4.69) is 36.6 Å². The van der Waals surface area contributed by atoms with E-state index in [1.807, 2.05) is 47.9 Å². The standard InChI is InChI=1S/C25H33B3N8O5/c1-40-13-20(37)29-8-9-36-12-15(11-30-36)16-4-3-5-17(22(16)41-2)31-18-10-19(32-23(38)14-6-7-14)34-35-21(18)24(39)33-25(26,27)28/h3-5,10-12,14H,6-9,13,26-28H2,1-2H3,(H,29,37)(H,33,39)(H2,31,32,34,38). The van der Waals surface area contributed by atoms with Crippen LogP contribution in [0.25, 0.3) is 11.1 Å². The molecule has 3 amide bonds. The zero-order chi connectivity index (χ0) is 29.6. The van der Waals surface area contributed by atoms with Gasteiger partial charge in [-0.25, -0.2) is 0 Å². The summed E-state index contributed by atoms with van der Waals surface area (Å²) in [6.45, 7) is 0.873. The number of amides is 3. The SMILES string of the molecule is BC(B)(B)NC(=O)c1nnc(NC(=O)C2CC2)cc1Nc1cccc(-c2cnn(CCNC(=O)COC)c2)c1OC. The van der Waals surface area contributed by atoms with Crippen molar-refractivity contribution >= 4 is 58.5 Å². The monoisotopic (exact) mass is 558 g/mol. The number of carbonyl (C=O) groups excluding carboxylic acids is 3. The number of hydrogen-bond acceptors (Lipinski definition) is 9. The molecule has 1 aliphatic carbocycles. The predicted molar refractivity (Wildman–Crippen MR) is 162 cm³/mol. The van der Waals surface area contributed by atoms with Crippen LogP contribution in [-0.2, 0) is 20.9 Å². The van der Waals surface area contributed by atoms with Gasteiger partial charge in [0.1, 0.15) is 35.9 Å². The molecule has 0 bridgehead atoms. The van der Waals surface area contributed by atoms with Crippen molar-refractivity contribution in [2.45, 2.75) is 24.6 Å². The molecule has 4 N–H and O–H groups in total. The zero-order valence-corrected chi connectivity index (χ0v) is 23.9. The number of ether oxygens (including phenoxy) is 2. The first kappa shape index (κ1) is 29.7. The third kappa shape index (κ3) is 8.10. The second-order valence-electron chi connectivity index (χ2n) is 10.7. The molecule has 1 aromatic carbocycles. The van der Waals surface area contributed by atoms with Crippen molar-refractivity contribution in [3.05, 3.63) is 42.4 Å². The molecule has 0 unspecified atom stereocenters. The van der Waals surface area contributed by atoms with E-state index in [1.54, 1.807) is 24.1 Å². The van der Waals surface area contributed by atoms with Crippen LogP contribution in [0.5, 0.6) is 5.75 Å². The van der Waals surface area contributed by atoms with Crippen molar-refractivity contribution in [1.29, 1.82) is 0 Å². The Hall–Kier alpha value is -4.33. The third-order valence-corrected chi connectivity index (χ3v) is 6.07. The molecule has 0 saturated heterocycles. The predicted octanol–water partition coefficient (Wildman–Crippen LogP) is -1.56. The molecule has 1 fully saturated rings. The topological polar surface area (TPSA) is 161 Å². The Morgan fingerprint density at radius 2 is 1.90 bits per heavy atom. The van der Waals surface area contributed by atoms with Gasteiger partial charge in [-0.15, -0.1) is 10.2 Å². The van der Waals surface area contributed by atoms with Gasteiger partial charge in [-0.2, -0.15) is 5.10 Å². The Bertz CT molecular complexity index is 1420. The van der Waals surface area contributed by atoms with E-state index < -0.39 is 11.1 Å². The number of rotatable bonds is 13. The highest BCUT2D eigenvalue weighted by Gasteiger charge is 2.30. The van der Waals surface area contributed by atoms with Crippen LogP contribution in [0.15, 0.2) is 36.7 Å². The Morgan fingerprint density at radius 3 is 2.59 bits per heavy atom. The molecule has 13 nitrogen and oxygen atoms in total. The minimum absolute atomic E-state index is 0.00229. The number of aromatic nitrogens is 4. The zero-order valence-electron chi connectivity index (χ0n) is 23.9. The average Bonchev–Trinajstić information content (AvgIpc) is 3.66. The van der Waals surface area contributed by atoms with E-state index in [0.29, 0.717) is 30.2 Å². The fourth-order valence-corrected chi connectivity index (χ4v) is 4.03. The number of para-hydroxylation sites is 1. The number of anilines is 3. The van der Waals surface area contributed by atoms with E-state index in [-0.39, 0.29) is 35.9 Å². The Balaban J connectivity index is 1.60. The summed E-state index contributed by atoms with van der Waals surface area (Å²) in [4.78, 5) is 37.1. The fraction of sp³-hybridized carbons (Fsp3) is 0.360. The van der Waals surface area contributed by atoms with E-state index >= 15 is 0 Å². The fourth-order valence-electron chi connectivity index (χ4n) is 4.03. The number of nitrogens with one attached hydrogen (secondary N) is 4. The maximum Gasteiger partial charge on any atom is 0.272 e. The van der Waals surface area contributed by atoms with Gasteiger partial charge in [0.05, 0.1) is 31.2 Å². The highest BCUT2D eigenvalue weighted by molar-refractivity contribution is 6.60. The van der Waals surface area contributed by atoms with Crippen LogP contribution in [0.4, 0.5) is 17.2 Å². The largest absolute Gasteiger partial charge is 0.494 e. The molecule has 2 aromatic heterocycles. The molecule has 1 saturated carbocycles. The van der Waals surface area contributed by atoms with Crippen LogP contribution in [0.3, 0.4) is 0 Å². The van der Waals surface area contributed by atoms with E-state index in [4.69, 9.17) is 9.47 Å². The highest BCUT2D eigenvalue weighted by Crippen LogP contribution is 2.38. The van der Waals surface area contributed by atoms with Gasteiger partial charge in [0.25, 0.3) is 5.91 Å². The van der Waals surface area contributed by atoms with E-state index in [1.165, 1.54) is 7.11 Å². The quantitative estimate of drug-likeness (QED) is 0.182. The number of carbonyl (C=O) groups is 3. The normalized spacial score (nSPS) is 12.8. The first-order valence-corrected chi connectivity index (χ1v) is 13.3. The molecule has 0 spiro atoms. The van der Waals surface area contributed by atoms with Crippen LogP contribution >= 0.6 is 0 Å². The number of methoxy groups -OCH3 is 2. The summed E-state index contributed by atoms with van der Waals surface area (Å²) in [5.74, 6) is 0.00962. The van der Waals surface area contributed by atoms with Crippen LogP contribution in [0, 0.1) is 5.92 Å². The van der Waals surface area contributed by atoms with Crippen LogP contribution in [0.2, 0.25) is 0 Å². The molecule has 2 heterocycles. The minimum Gasteiger partial charge on any atom is -0.494 e. The number of nitrogens with zero attached hydrogens (tertiary/aromatic N) is 4. The van der Waals surface area contributed by atoms with Gasteiger partial charge < -0.3 is 30.7 Å². The first-order chi connectivity index (χ1) is 19.6. The van der Waals surface area contributed by atoms with Gasteiger partial charge in [-0.05, 0) is 24.1 Å². The van der Waals surface area contributed by atoms with Gasteiger partial charge in [-0.3, -0.25) is 19.1 Å². The lowest BCUT2D eigenvalue weighted by atomic mass is 9.49. The summed E-state index contributed by atoms with van der Waals surface area (Å²) in [5, 5.41) is 23.9. The summed E-state index contributed by atoms with van der Waals surface area (Å²) in [5.41, 5.74) is 2.55. The lowest BCUT2D eigenvalue weighted by Crippen LogP contribution is -2.50. The smallest absolute Gasteiger partial charge is 0.272 e. The lowest BCUT2D eigenvalue weighted by molar-refractivity contribution is -0.124. The summed E-state index contributed by atoms with van der Waals surface area (Å²) in [6.07, 6.45) is 5.26. The van der Waals surface area contributed by atoms with Crippen molar-refractivity contribution < 1.29 is 23.9 Å². The Kier molecular flexibility index (Phi) is 9.33. The number of hydrogen-bond donors (Lipinski definition) is 4. The second kappa shape index (κ2) is 12.9. The molecule has 0 aliphatic heterocycles. The summed E-state index contributed by atoms with van der Waals surface area (Å²) < 4.78 is 12.3. The maximum absolute atomic E-state index is 13.1. The van der Waals surface area contributed by atoms with Gasteiger partial charge in [-0.1, -0.05) is 12.1 Å². The summed E-state index contributed by atoms with van der Waals surface area (Å²) in [6, 6.07) is 7.14. The third-order valence-electron chi connectivity index (χ3n) is 6.07. The van der Waals surface area contributed by atoms with Crippen LogP contribution < -0.4 is 26.0 Å². The van der Waals surface area contributed by atoms with E-state index in [0.717, 1.165) is 24.0 Å². The Morgan fingerprint density at radius 1 is 1.12 bits per heavy atom. The summed E-state index contributed by atoms with van der Waals surface area (Å²) >= 11 is 0. The molecule has 0 radical (unpaired) electrons. The molecule has 41 heavy (non-hydrogen) atoms. The highest BCUT2D eigenvalue weighted by atomic mass is 16.5. The lowest BCUT2D eigenvalue weighted by Gasteiger charge is -2.22. The van der Waals surface area contributed by atoms with Gasteiger partial charge >= 0.3 is 0 Å². The molecule has 4 rings (SSSR count). The molecule has 1 aliphatic rings. The van der Waals surface area contributed by atoms with Gasteiger partial charge in [0.2, 0.25) is 11.8 Å². The minimum atomic E-state index is -0.501. The van der Waals surface area contributed by atoms with Crippen LogP contribution in [-0.4, -0.2) is 93.8 Å². The second-order valence-corrected chi connectivity index (χ2v) is 10.7. The molecular formula is C25H33B3N8O5. The van der Waals surface area contributed by atoms with Crippen molar-refractivity contribution in [3.8, 4) is 16.9 Å². The van der Waals surface area contributed by atoms with Crippen molar-refractivity contribution in [2.24, 2.45) is 5.92 Å². The molecule has 3 aromatic rings. The maximum atomic E-state index is 13.1. The van der Waals surface area contributed by atoms with Crippen molar-refractivity contribution in [1.82, 2.24) is 30.6 Å². The van der Waals surface area contributed by atoms with Crippen LogP contribution in [0.1, 0.15) is 23.3 Å². The molecule has 0 atom stereocenters. The molecular weight excluding hydrogens is 525 g/mol. The molecule has 212 valence electrons. The van der Waals surface area contributed by atoms with Gasteiger partial charge in [0.15, 0.2) is 11.5 Å².